The maximum Gasteiger partial charge on any atom is 0.277 e. The van der Waals surface area contributed by atoms with E-state index in [0.717, 1.165) is 5.56 Å². The van der Waals surface area contributed by atoms with Crippen molar-refractivity contribution in [2.45, 2.75) is 45.1 Å². The van der Waals surface area contributed by atoms with Crippen LogP contribution in [0.15, 0.2) is 27.8 Å². The average Bonchev–Trinajstić information content (AvgIpc) is 3.03. The number of hydrogen-bond donors (Lipinski definition) is 0. The summed E-state index contributed by atoms with van der Waals surface area (Å²) >= 11 is 1.28. The highest BCUT2D eigenvalue weighted by atomic mass is 32.2. The highest BCUT2D eigenvalue weighted by Crippen LogP contribution is 2.25. The Morgan fingerprint density at radius 3 is 2.60 bits per heavy atom. The van der Waals surface area contributed by atoms with Crippen molar-refractivity contribution in [2.75, 3.05) is 18.8 Å². The van der Waals surface area contributed by atoms with Crippen LogP contribution in [0.2, 0.25) is 0 Å². The molecular weight excluding hydrogens is 338 g/mol. The first-order chi connectivity index (χ1) is 11.9. The fourth-order valence-electron chi connectivity index (χ4n) is 2.86. The van der Waals surface area contributed by atoms with Gasteiger partial charge in [0.15, 0.2) is 0 Å². The molecule has 1 aliphatic heterocycles. The molecule has 1 aromatic heterocycles. The monoisotopic (exact) mass is 361 g/mol. The molecule has 2 aromatic rings. The van der Waals surface area contributed by atoms with Crippen LogP contribution in [0, 0.1) is 13.8 Å². The highest BCUT2D eigenvalue weighted by molar-refractivity contribution is 7.99. The molecule has 1 amide bonds. The molecule has 6 nitrogen and oxygen atoms in total. The molecule has 0 saturated carbocycles. The minimum Gasteiger partial charge on any atom is -0.411 e. The van der Waals surface area contributed by atoms with E-state index in [-0.39, 0.29) is 23.9 Å². The van der Waals surface area contributed by atoms with Gasteiger partial charge in [-0.1, -0.05) is 17.8 Å². The third-order valence-corrected chi connectivity index (χ3v) is 5.05. The molecule has 3 rings (SSSR count). The lowest BCUT2D eigenvalue weighted by Crippen LogP contribution is -2.48. The van der Waals surface area contributed by atoms with Crippen molar-refractivity contribution in [3.05, 3.63) is 29.3 Å². The van der Waals surface area contributed by atoms with Crippen molar-refractivity contribution in [1.82, 2.24) is 15.1 Å². The summed E-state index contributed by atoms with van der Waals surface area (Å²) in [6.45, 7) is 9.33. The topological polar surface area (TPSA) is 68.5 Å². The van der Waals surface area contributed by atoms with Crippen molar-refractivity contribution in [3.8, 4) is 11.5 Å². The van der Waals surface area contributed by atoms with Crippen molar-refractivity contribution < 1.29 is 13.9 Å². The molecule has 1 aliphatic rings. The van der Waals surface area contributed by atoms with Crippen LogP contribution >= 0.6 is 11.8 Å². The number of rotatable bonds is 4. The zero-order valence-electron chi connectivity index (χ0n) is 15.0. The summed E-state index contributed by atoms with van der Waals surface area (Å²) in [6.07, 6.45) is 0.134. The Balaban J connectivity index is 1.60. The van der Waals surface area contributed by atoms with E-state index >= 15 is 0 Å². The van der Waals surface area contributed by atoms with Gasteiger partial charge in [0.05, 0.1) is 18.0 Å². The van der Waals surface area contributed by atoms with Crippen LogP contribution in [0.1, 0.15) is 25.0 Å². The summed E-state index contributed by atoms with van der Waals surface area (Å²) in [5.74, 6) is 0.832. The van der Waals surface area contributed by atoms with Crippen molar-refractivity contribution in [2.24, 2.45) is 0 Å². The van der Waals surface area contributed by atoms with Crippen molar-refractivity contribution >= 4 is 17.7 Å². The summed E-state index contributed by atoms with van der Waals surface area (Å²) in [5.41, 5.74) is 3.29. The summed E-state index contributed by atoms with van der Waals surface area (Å²) < 4.78 is 11.3. The van der Waals surface area contributed by atoms with Gasteiger partial charge in [0.25, 0.3) is 5.22 Å². The third-order valence-electron chi connectivity index (χ3n) is 4.25. The van der Waals surface area contributed by atoms with Gasteiger partial charge in [-0.3, -0.25) is 4.79 Å². The van der Waals surface area contributed by atoms with E-state index in [1.54, 1.807) is 0 Å². The van der Waals surface area contributed by atoms with E-state index in [1.807, 2.05) is 43.9 Å². The lowest BCUT2D eigenvalue weighted by molar-refractivity contribution is -0.140. The first-order valence-electron chi connectivity index (χ1n) is 8.39. The predicted molar refractivity (Wildman–Crippen MR) is 96.5 cm³/mol. The van der Waals surface area contributed by atoms with Gasteiger partial charge in [0.1, 0.15) is 0 Å². The minimum absolute atomic E-state index is 0.0671. The molecule has 2 heterocycles. The number of morpholine rings is 1. The van der Waals surface area contributed by atoms with Crippen LogP contribution in [-0.4, -0.2) is 52.1 Å². The number of benzene rings is 1. The van der Waals surface area contributed by atoms with E-state index in [2.05, 4.69) is 17.1 Å². The van der Waals surface area contributed by atoms with Gasteiger partial charge >= 0.3 is 0 Å². The van der Waals surface area contributed by atoms with Gasteiger partial charge in [-0.05, 0) is 51.0 Å². The number of ether oxygens (including phenoxy) is 1. The number of amides is 1. The van der Waals surface area contributed by atoms with Gasteiger partial charge in [-0.25, -0.2) is 0 Å². The maximum atomic E-state index is 12.4. The number of carbonyl (C=O) groups is 1. The fourth-order valence-corrected chi connectivity index (χ4v) is 3.52. The lowest BCUT2D eigenvalue weighted by Gasteiger charge is -2.35. The molecular formula is C18H23N3O3S. The zero-order chi connectivity index (χ0) is 18.0. The van der Waals surface area contributed by atoms with Crippen molar-refractivity contribution in [3.63, 3.8) is 0 Å². The van der Waals surface area contributed by atoms with Gasteiger partial charge < -0.3 is 14.1 Å². The molecule has 25 heavy (non-hydrogen) atoms. The molecule has 7 heteroatoms. The van der Waals surface area contributed by atoms with Gasteiger partial charge in [0.2, 0.25) is 11.8 Å². The summed E-state index contributed by atoms with van der Waals surface area (Å²) in [5, 5.41) is 8.54. The number of aryl methyl sites for hydroxylation is 2. The van der Waals surface area contributed by atoms with E-state index in [9.17, 15) is 4.79 Å². The van der Waals surface area contributed by atoms with Gasteiger partial charge in [0, 0.05) is 18.7 Å². The SMILES string of the molecule is Cc1ccc(-c2nnc(SCC(=O)N3C[C@H](C)O[C@@H](C)C3)o2)cc1C. The average molecular weight is 361 g/mol. The largest absolute Gasteiger partial charge is 0.411 e. The summed E-state index contributed by atoms with van der Waals surface area (Å²) in [6, 6.07) is 6.02. The molecule has 0 N–H and O–H groups in total. The Kier molecular flexibility index (Phi) is 5.44. The zero-order valence-corrected chi connectivity index (χ0v) is 15.8. The molecule has 0 spiro atoms. The Bertz CT molecular complexity index is 752. The van der Waals surface area contributed by atoms with Gasteiger partial charge in [-0.2, -0.15) is 0 Å². The second-order valence-corrected chi connectivity index (χ2v) is 7.44. The number of carbonyl (C=O) groups excluding carboxylic acids is 1. The molecule has 1 aromatic carbocycles. The van der Waals surface area contributed by atoms with Crippen LogP contribution in [0.3, 0.4) is 0 Å². The molecule has 0 bridgehead atoms. The second-order valence-electron chi connectivity index (χ2n) is 6.52. The molecule has 2 atom stereocenters. The van der Waals surface area contributed by atoms with Crippen LogP contribution in [-0.2, 0) is 9.53 Å². The third kappa shape index (κ3) is 4.41. The predicted octanol–water partition coefficient (Wildman–Crippen LogP) is 3.08. The van der Waals surface area contributed by atoms with Gasteiger partial charge in [-0.15, -0.1) is 10.2 Å². The first kappa shape index (κ1) is 17.9. The standard InChI is InChI=1S/C18H23N3O3S/c1-11-5-6-15(7-12(11)2)17-19-20-18(24-17)25-10-16(22)21-8-13(3)23-14(4)9-21/h5-7,13-14H,8-10H2,1-4H3/t13-,14-/m0/s1. The Labute approximate surface area is 151 Å². The fraction of sp³-hybridized carbons (Fsp3) is 0.500. The summed E-state index contributed by atoms with van der Waals surface area (Å²) in [4.78, 5) is 14.2. The van der Waals surface area contributed by atoms with Crippen LogP contribution in [0.4, 0.5) is 0 Å². The van der Waals surface area contributed by atoms with Crippen LogP contribution in [0.5, 0.6) is 0 Å². The molecule has 1 fully saturated rings. The number of aromatic nitrogens is 2. The lowest BCUT2D eigenvalue weighted by atomic mass is 10.1. The molecule has 0 aliphatic carbocycles. The Morgan fingerprint density at radius 1 is 1.20 bits per heavy atom. The number of nitrogens with zero attached hydrogens (tertiary/aromatic N) is 3. The molecule has 134 valence electrons. The molecule has 0 radical (unpaired) electrons. The molecule has 0 unspecified atom stereocenters. The van der Waals surface area contributed by atoms with Crippen molar-refractivity contribution in [1.29, 1.82) is 0 Å². The quantitative estimate of drug-likeness (QED) is 0.780. The highest BCUT2D eigenvalue weighted by Gasteiger charge is 2.26. The summed E-state index contributed by atoms with van der Waals surface area (Å²) in [7, 11) is 0. The van der Waals surface area contributed by atoms with Crippen LogP contribution in [0.25, 0.3) is 11.5 Å². The Morgan fingerprint density at radius 2 is 1.92 bits per heavy atom. The number of thioether (sulfide) groups is 1. The maximum absolute atomic E-state index is 12.4. The van der Waals surface area contributed by atoms with E-state index in [1.165, 1.54) is 22.9 Å². The smallest absolute Gasteiger partial charge is 0.277 e. The minimum atomic E-state index is 0.0671. The normalized spacial score (nSPS) is 20.7. The first-order valence-corrected chi connectivity index (χ1v) is 9.38. The number of hydrogen-bond acceptors (Lipinski definition) is 6. The van der Waals surface area contributed by atoms with E-state index < -0.39 is 0 Å². The van der Waals surface area contributed by atoms with E-state index in [0.29, 0.717) is 24.2 Å². The van der Waals surface area contributed by atoms with E-state index in [4.69, 9.17) is 9.15 Å². The molecule has 1 saturated heterocycles. The Hall–Kier alpha value is -1.86. The second kappa shape index (κ2) is 7.58. The van der Waals surface area contributed by atoms with Crippen LogP contribution < -0.4 is 0 Å².